The molecule has 2 heterocycles. The highest BCUT2D eigenvalue weighted by molar-refractivity contribution is 6.42. The Morgan fingerprint density at radius 2 is 1.91 bits per heavy atom. The van der Waals surface area contributed by atoms with Gasteiger partial charge >= 0.3 is 0 Å². The van der Waals surface area contributed by atoms with Crippen LogP contribution in [0.1, 0.15) is 23.4 Å². The number of furan rings is 1. The van der Waals surface area contributed by atoms with Gasteiger partial charge in [0.2, 0.25) is 5.91 Å². The van der Waals surface area contributed by atoms with Gasteiger partial charge in [-0.1, -0.05) is 0 Å². The molecule has 2 aliphatic rings. The van der Waals surface area contributed by atoms with Crippen molar-refractivity contribution in [3.63, 3.8) is 0 Å². The second-order valence-corrected chi connectivity index (χ2v) is 5.64. The fourth-order valence-electron chi connectivity index (χ4n) is 2.64. The minimum atomic E-state index is -0.820. The first-order chi connectivity index (χ1) is 10.6. The molecule has 7 heteroatoms. The minimum Gasteiger partial charge on any atom is -0.461 e. The first-order valence-electron chi connectivity index (χ1n) is 7.53. The molecule has 1 saturated carbocycles. The first kappa shape index (κ1) is 14.8. The summed E-state index contributed by atoms with van der Waals surface area (Å²) in [5.41, 5.74) is 0. The lowest BCUT2D eigenvalue weighted by Gasteiger charge is -2.34. The molecule has 0 radical (unpaired) electrons. The topological polar surface area (TPSA) is 82.9 Å². The number of ketones is 1. The van der Waals surface area contributed by atoms with Crippen LogP contribution >= 0.6 is 0 Å². The van der Waals surface area contributed by atoms with Crippen molar-refractivity contribution in [2.45, 2.75) is 18.9 Å². The highest BCUT2D eigenvalue weighted by Gasteiger charge is 2.32. The molecule has 1 aliphatic heterocycles. The highest BCUT2D eigenvalue weighted by atomic mass is 16.3. The molecular weight excluding hydrogens is 286 g/mol. The van der Waals surface area contributed by atoms with E-state index in [1.165, 1.54) is 31.2 Å². The Morgan fingerprint density at radius 3 is 2.50 bits per heavy atom. The summed E-state index contributed by atoms with van der Waals surface area (Å²) < 4.78 is 4.87. The van der Waals surface area contributed by atoms with Gasteiger partial charge in [-0.2, -0.15) is 0 Å². The fourth-order valence-corrected chi connectivity index (χ4v) is 2.64. The van der Waals surface area contributed by atoms with Crippen molar-refractivity contribution >= 4 is 17.6 Å². The fraction of sp³-hybridized carbons (Fsp3) is 0.533. The number of nitrogens with one attached hydrogen (secondary N) is 1. The molecule has 1 saturated heterocycles. The third-order valence-electron chi connectivity index (χ3n) is 4.08. The summed E-state index contributed by atoms with van der Waals surface area (Å²) in [5.74, 6) is -1.77. The molecule has 7 nitrogen and oxygen atoms in total. The van der Waals surface area contributed by atoms with Gasteiger partial charge < -0.3 is 14.6 Å². The molecule has 1 N–H and O–H groups in total. The van der Waals surface area contributed by atoms with Gasteiger partial charge in [0.1, 0.15) is 0 Å². The first-order valence-corrected chi connectivity index (χ1v) is 7.53. The van der Waals surface area contributed by atoms with Gasteiger partial charge in [-0.3, -0.25) is 19.3 Å². The van der Waals surface area contributed by atoms with Gasteiger partial charge in [-0.25, -0.2) is 0 Å². The normalized spacial score (nSPS) is 19.0. The van der Waals surface area contributed by atoms with E-state index in [1.54, 1.807) is 4.90 Å². The van der Waals surface area contributed by atoms with E-state index in [-0.39, 0.29) is 18.2 Å². The maximum absolute atomic E-state index is 12.1. The zero-order valence-corrected chi connectivity index (χ0v) is 12.3. The van der Waals surface area contributed by atoms with E-state index in [9.17, 15) is 14.4 Å². The lowest BCUT2D eigenvalue weighted by molar-refractivity contribution is -0.133. The van der Waals surface area contributed by atoms with Gasteiger partial charge in [0, 0.05) is 32.2 Å². The van der Waals surface area contributed by atoms with E-state index in [2.05, 4.69) is 10.2 Å². The molecule has 3 rings (SSSR count). The van der Waals surface area contributed by atoms with Gasteiger partial charge in [-0.15, -0.1) is 0 Å². The smallest absolute Gasteiger partial charge is 0.296 e. The summed E-state index contributed by atoms with van der Waals surface area (Å²) in [6.45, 7) is 2.97. The lowest BCUT2D eigenvalue weighted by atomic mass is 10.2. The molecule has 0 spiro atoms. The summed E-state index contributed by atoms with van der Waals surface area (Å²) in [6, 6.07) is 3.66. The number of carbonyl (C=O) groups excluding carboxylic acids is 3. The van der Waals surface area contributed by atoms with Crippen LogP contribution in [0.4, 0.5) is 0 Å². The van der Waals surface area contributed by atoms with Crippen LogP contribution in [0.3, 0.4) is 0 Å². The summed E-state index contributed by atoms with van der Waals surface area (Å²) in [5, 5.41) is 2.36. The van der Waals surface area contributed by atoms with Crippen LogP contribution in [0.2, 0.25) is 0 Å². The molecule has 1 aliphatic carbocycles. The lowest BCUT2D eigenvalue weighted by Crippen LogP contribution is -2.52. The van der Waals surface area contributed by atoms with E-state index in [4.69, 9.17) is 4.42 Å². The van der Waals surface area contributed by atoms with Crippen LogP contribution in [0.5, 0.6) is 0 Å². The van der Waals surface area contributed by atoms with Crippen LogP contribution in [-0.4, -0.2) is 66.2 Å². The van der Waals surface area contributed by atoms with Crippen molar-refractivity contribution in [3.8, 4) is 0 Å². The van der Waals surface area contributed by atoms with Crippen molar-refractivity contribution in [2.24, 2.45) is 0 Å². The van der Waals surface area contributed by atoms with Gasteiger partial charge in [0.15, 0.2) is 5.76 Å². The van der Waals surface area contributed by atoms with E-state index >= 15 is 0 Å². The Kier molecular flexibility index (Phi) is 4.24. The number of Topliss-reactive ketones (excluding diaryl/α,β-unsaturated/α-hetero) is 1. The molecule has 1 aromatic heterocycles. The third-order valence-corrected chi connectivity index (χ3v) is 4.08. The molecular formula is C15H19N3O4. The van der Waals surface area contributed by atoms with Crippen LogP contribution in [0.25, 0.3) is 0 Å². The Balaban J connectivity index is 1.42. The average molecular weight is 305 g/mol. The number of amides is 2. The minimum absolute atomic E-state index is 0.0250. The van der Waals surface area contributed by atoms with Crippen molar-refractivity contribution in [2.75, 3.05) is 32.7 Å². The molecule has 1 aromatic rings. The Labute approximate surface area is 128 Å². The molecule has 0 aromatic carbocycles. The molecule has 22 heavy (non-hydrogen) atoms. The Hall–Kier alpha value is -2.15. The van der Waals surface area contributed by atoms with Gasteiger partial charge in [0.25, 0.3) is 11.7 Å². The average Bonchev–Trinajstić information content (AvgIpc) is 3.26. The summed E-state index contributed by atoms with van der Waals surface area (Å²) in [7, 11) is 0. The van der Waals surface area contributed by atoms with Crippen molar-refractivity contribution in [3.05, 3.63) is 24.2 Å². The quantitative estimate of drug-likeness (QED) is 0.606. The van der Waals surface area contributed by atoms with Crippen molar-refractivity contribution in [1.29, 1.82) is 0 Å². The summed E-state index contributed by atoms with van der Waals surface area (Å²) >= 11 is 0. The number of hydrogen-bond donors (Lipinski definition) is 1. The zero-order chi connectivity index (χ0) is 15.5. The number of nitrogens with zero attached hydrogens (tertiary/aromatic N) is 2. The van der Waals surface area contributed by atoms with Crippen LogP contribution in [-0.2, 0) is 9.59 Å². The molecule has 0 atom stereocenters. The SMILES string of the molecule is O=C(NCC(=O)N1CCN(C2CC2)CC1)C(=O)c1ccco1. The van der Waals surface area contributed by atoms with Gasteiger partial charge in [-0.05, 0) is 25.0 Å². The molecule has 0 bridgehead atoms. The molecule has 2 amide bonds. The second-order valence-electron chi connectivity index (χ2n) is 5.64. The van der Waals surface area contributed by atoms with E-state index in [0.717, 1.165) is 13.1 Å². The molecule has 2 fully saturated rings. The Bertz CT molecular complexity index is 557. The second kappa shape index (κ2) is 6.31. The molecule has 118 valence electrons. The van der Waals surface area contributed by atoms with Gasteiger partial charge in [0.05, 0.1) is 12.8 Å². The maximum atomic E-state index is 12.1. The monoisotopic (exact) mass is 305 g/mol. The number of piperazine rings is 1. The van der Waals surface area contributed by atoms with Crippen molar-refractivity contribution < 1.29 is 18.8 Å². The summed E-state index contributed by atoms with van der Waals surface area (Å²) in [6.07, 6.45) is 3.85. The largest absolute Gasteiger partial charge is 0.461 e. The summed E-state index contributed by atoms with van der Waals surface area (Å²) in [4.78, 5) is 39.6. The van der Waals surface area contributed by atoms with E-state index in [1.807, 2.05) is 0 Å². The number of rotatable bonds is 5. The standard InChI is InChI=1S/C15H19N3O4/c19-13(18-7-5-17(6-8-18)11-3-4-11)10-16-15(21)14(20)12-2-1-9-22-12/h1-2,9,11H,3-8,10H2,(H,16,21). The van der Waals surface area contributed by atoms with Crippen molar-refractivity contribution in [1.82, 2.24) is 15.1 Å². The van der Waals surface area contributed by atoms with E-state index < -0.39 is 11.7 Å². The van der Waals surface area contributed by atoms with Crippen LogP contribution in [0.15, 0.2) is 22.8 Å². The zero-order valence-electron chi connectivity index (χ0n) is 12.3. The number of hydrogen-bond acceptors (Lipinski definition) is 5. The third kappa shape index (κ3) is 3.36. The number of carbonyl (C=O) groups is 3. The van der Waals surface area contributed by atoms with Crippen LogP contribution < -0.4 is 5.32 Å². The Morgan fingerprint density at radius 1 is 1.18 bits per heavy atom. The predicted molar refractivity (Wildman–Crippen MR) is 77.2 cm³/mol. The maximum Gasteiger partial charge on any atom is 0.296 e. The predicted octanol–water partition coefficient (Wildman–Crippen LogP) is -0.115. The van der Waals surface area contributed by atoms with Crippen LogP contribution in [0, 0.1) is 0 Å². The highest BCUT2D eigenvalue weighted by Crippen LogP contribution is 2.27. The van der Waals surface area contributed by atoms with E-state index in [0.29, 0.717) is 19.1 Å². The molecule has 0 unspecified atom stereocenters.